The predicted molar refractivity (Wildman–Crippen MR) is 99.1 cm³/mol. The van der Waals surface area contributed by atoms with Gasteiger partial charge in [-0.3, -0.25) is 0 Å². The smallest absolute Gasteiger partial charge is 0.316 e. The molecule has 0 saturated heterocycles. The summed E-state index contributed by atoms with van der Waals surface area (Å²) in [7, 11) is 0. The highest BCUT2D eigenvalue weighted by atomic mass is 32.1. The lowest BCUT2D eigenvalue weighted by atomic mass is 10.1. The van der Waals surface area contributed by atoms with Gasteiger partial charge in [0.25, 0.3) is 0 Å². The number of halogens is 1. The summed E-state index contributed by atoms with van der Waals surface area (Å²) in [5.74, 6) is -0.326. The van der Waals surface area contributed by atoms with Crippen molar-refractivity contribution in [3.63, 3.8) is 0 Å². The van der Waals surface area contributed by atoms with Crippen molar-refractivity contribution in [1.82, 2.24) is 10.6 Å². The van der Waals surface area contributed by atoms with E-state index in [-0.39, 0.29) is 17.9 Å². The van der Waals surface area contributed by atoms with E-state index in [0.29, 0.717) is 5.56 Å². The molecule has 0 radical (unpaired) electrons. The summed E-state index contributed by atoms with van der Waals surface area (Å²) in [6, 6.07) is 19.2. The number of benzene rings is 2. The van der Waals surface area contributed by atoms with Crippen LogP contribution in [0.3, 0.4) is 0 Å². The first kappa shape index (κ1) is 17.2. The van der Waals surface area contributed by atoms with Crippen molar-refractivity contribution in [3.8, 4) is 0 Å². The molecule has 2 amide bonds. The summed E-state index contributed by atoms with van der Waals surface area (Å²) in [5, 5.41) is 7.79. The molecule has 128 valence electrons. The summed E-state index contributed by atoms with van der Waals surface area (Å²) in [6.45, 7) is 1.76. The molecule has 1 heterocycles. The number of hydrogen-bond donors (Lipinski definition) is 2. The molecule has 25 heavy (non-hydrogen) atoms. The van der Waals surface area contributed by atoms with Gasteiger partial charge in [0, 0.05) is 10.4 Å². The fourth-order valence-corrected chi connectivity index (χ4v) is 3.50. The molecule has 2 aromatic carbocycles. The molecule has 0 aliphatic heterocycles. The molecule has 0 saturated carbocycles. The van der Waals surface area contributed by atoms with Crippen LogP contribution in [0.15, 0.2) is 72.1 Å². The third-order valence-electron chi connectivity index (χ3n) is 3.96. The fraction of sp³-hybridized carbons (Fsp3) is 0.150. The molecule has 3 nitrogen and oxygen atoms in total. The van der Waals surface area contributed by atoms with Crippen LogP contribution >= 0.6 is 11.3 Å². The van der Waals surface area contributed by atoms with Gasteiger partial charge in [-0.25, -0.2) is 9.18 Å². The minimum atomic E-state index is -0.430. The molecule has 1 aromatic heterocycles. The molecule has 2 atom stereocenters. The van der Waals surface area contributed by atoms with Gasteiger partial charge in [-0.05, 0) is 30.0 Å². The molecule has 0 bridgehead atoms. The predicted octanol–water partition coefficient (Wildman–Crippen LogP) is 5.04. The Kier molecular flexibility index (Phi) is 5.46. The van der Waals surface area contributed by atoms with Gasteiger partial charge in [0.05, 0.1) is 12.1 Å². The minimum Gasteiger partial charge on any atom is -0.332 e. The summed E-state index contributed by atoms with van der Waals surface area (Å²) < 4.78 is 13.9. The van der Waals surface area contributed by atoms with Crippen molar-refractivity contribution >= 4 is 17.4 Å². The van der Waals surface area contributed by atoms with E-state index in [2.05, 4.69) is 10.6 Å². The van der Waals surface area contributed by atoms with Gasteiger partial charge in [-0.15, -0.1) is 11.3 Å². The molecule has 0 aliphatic rings. The van der Waals surface area contributed by atoms with E-state index in [1.807, 2.05) is 47.8 Å². The van der Waals surface area contributed by atoms with E-state index in [1.54, 1.807) is 36.5 Å². The van der Waals surface area contributed by atoms with Crippen LogP contribution < -0.4 is 10.6 Å². The number of hydrogen-bond acceptors (Lipinski definition) is 2. The van der Waals surface area contributed by atoms with E-state index in [1.165, 1.54) is 6.07 Å². The van der Waals surface area contributed by atoms with Crippen molar-refractivity contribution in [2.75, 3.05) is 0 Å². The highest BCUT2D eigenvalue weighted by molar-refractivity contribution is 7.10. The van der Waals surface area contributed by atoms with Crippen LogP contribution in [-0.4, -0.2) is 6.03 Å². The molecule has 3 rings (SSSR count). The van der Waals surface area contributed by atoms with Crippen LogP contribution in [0.25, 0.3) is 0 Å². The summed E-state index contributed by atoms with van der Waals surface area (Å²) in [4.78, 5) is 13.5. The maximum Gasteiger partial charge on any atom is 0.316 e. The number of rotatable bonds is 5. The van der Waals surface area contributed by atoms with Crippen molar-refractivity contribution < 1.29 is 9.18 Å². The summed E-state index contributed by atoms with van der Waals surface area (Å²) in [5.41, 5.74) is 1.46. The van der Waals surface area contributed by atoms with Gasteiger partial charge in [-0.2, -0.15) is 0 Å². The Morgan fingerprint density at radius 3 is 2.36 bits per heavy atom. The second-order valence-electron chi connectivity index (χ2n) is 5.72. The maximum atomic E-state index is 13.9. The lowest BCUT2D eigenvalue weighted by molar-refractivity contribution is 0.235. The Morgan fingerprint density at radius 2 is 1.68 bits per heavy atom. The molecule has 0 aliphatic carbocycles. The molecule has 3 aromatic rings. The standard InChI is InChI=1S/C20H19FN2OS/c1-14(16-10-5-6-11-17(16)21)22-20(24)23-19(18-12-7-13-25-18)15-8-3-2-4-9-15/h2-14,19H,1H3,(H2,22,23,24)/t14-,19+/m0/s1. The monoisotopic (exact) mass is 354 g/mol. The van der Waals surface area contributed by atoms with Crippen LogP contribution in [-0.2, 0) is 0 Å². The number of nitrogens with one attached hydrogen (secondary N) is 2. The second-order valence-corrected chi connectivity index (χ2v) is 6.70. The van der Waals surface area contributed by atoms with Gasteiger partial charge >= 0.3 is 6.03 Å². The van der Waals surface area contributed by atoms with Crippen LogP contribution in [0.4, 0.5) is 9.18 Å². The fourth-order valence-electron chi connectivity index (χ4n) is 2.69. The van der Waals surface area contributed by atoms with Crippen molar-refractivity contribution in [2.45, 2.75) is 19.0 Å². The van der Waals surface area contributed by atoms with Crippen LogP contribution in [0.1, 0.15) is 35.0 Å². The van der Waals surface area contributed by atoms with Crippen molar-refractivity contribution in [2.24, 2.45) is 0 Å². The average Bonchev–Trinajstić information content (AvgIpc) is 3.15. The van der Waals surface area contributed by atoms with E-state index in [0.717, 1.165) is 10.4 Å². The SMILES string of the molecule is C[C@H](NC(=O)N[C@H](c1ccccc1)c1cccs1)c1ccccc1F. The lowest BCUT2D eigenvalue weighted by Crippen LogP contribution is -2.39. The Morgan fingerprint density at radius 1 is 0.960 bits per heavy atom. The van der Waals surface area contributed by atoms with E-state index in [9.17, 15) is 9.18 Å². The topological polar surface area (TPSA) is 41.1 Å². The molecule has 0 unspecified atom stereocenters. The Labute approximate surface area is 150 Å². The molecular formula is C20H19FN2OS. The van der Waals surface area contributed by atoms with E-state index in [4.69, 9.17) is 0 Å². The van der Waals surface area contributed by atoms with E-state index >= 15 is 0 Å². The zero-order valence-electron chi connectivity index (χ0n) is 13.8. The minimum absolute atomic E-state index is 0.242. The lowest BCUT2D eigenvalue weighted by Gasteiger charge is -2.21. The van der Waals surface area contributed by atoms with Gasteiger partial charge in [-0.1, -0.05) is 54.6 Å². The molecule has 2 N–H and O–H groups in total. The molecule has 0 spiro atoms. The number of amides is 2. The second kappa shape index (κ2) is 7.94. The van der Waals surface area contributed by atoms with Gasteiger partial charge in [0.1, 0.15) is 5.82 Å². The first-order valence-corrected chi connectivity index (χ1v) is 8.93. The van der Waals surface area contributed by atoms with Crippen LogP contribution in [0, 0.1) is 5.82 Å². The number of carbonyl (C=O) groups is 1. The maximum absolute atomic E-state index is 13.9. The zero-order chi connectivity index (χ0) is 17.6. The first-order valence-electron chi connectivity index (χ1n) is 8.05. The van der Waals surface area contributed by atoms with Crippen LogP contribution in [0.2, 0.25) is 0 Å². The van der Waals surface area contributed by atoms with Gasteiger partial charge < -0.3 is 10.6 Å². The first-order chi connectivity index (χ1) is 12.1. The van der Waals surface area contributed by atoms with Gasteiger partial charge in [0.2, 0.25) is 0 Å². The number of thiophene rings is 1. The largest absolute Gasteiger partial charge is 0.332 e. The number of urea groups is 1. The third-order valence-corrected chi connectivity index (χ3v) is 4.89. The van der Waals surface area contributed by atoms with E-state index < -0.39 is 6.04 Å². The van der Waals surface area contributed by atoms with Crippen molar-refractivity contribution in [3.05, 3.63) is 93.9 Å². The third kappa shape index (κ3) is 4.25. The van der Waals surface area contributed by atoms with Gasteiger partial charge in [0.15, 0.2) is 0 Å². The normalized spacial score (nSPS) is 13.0. The zero-order valence-corrected chi connectivity index (χ0v) is 14.6. The average molecular weight is 354 g/mol. The molecule has 0 fully saturated rings. The van der Waals surface area contributed by atoms with Crippen molar-refractivity contribution in [1.29, 1.82) is 0 Å². The molecular weight excluding hydrogens is 335 g/mol. The highest BCUT2D eigenvalue weighted by Crippen LogP contribution is 2.26. The number of carbonyl (C=O) groups excluding carboxylic acids is 1. The van der Waals surface area contributed by atoms with Crippen LogP contribution in [0.5, 0.6) is 0 Å². The quantitative estimate of drug-likeness (QED) is 0.662. The highest BCUT2D eigenvalue weighted by Gasteiger charge is 2.19. The Bertz CT molecular complexity index is 821. The Balaban J connectivity index is 1.74. The Hall–Kier alpha value is -2.66. The summed E-state index contributed by atoms with van der Waals surface area (Å²) in [6.07, 6.45) is 0. The molecule has 5 heteroatoms. The summed E-state index contributed by atoms with van der Waals surface area (Å²) >= 11 is 1.58.